The number of thiazole rings is 1. The summed E-state index contributed by atoms with van der Waals surface area (Å²) in [4.78, 5) is 18.5. The second-order valence-corrected chi connectivity index (χ2v) is 9.43. The van der Waals surface area contributed by atoms with Gasteiger partial charge in [-0.2, -0.15) is 0 Å². The van der Waals surface area contributed by atoms with Crippen molar-refractivity contribution < 1.29 is 13.2 Å². The first-order valence-electron chi connectivity index (χ1n) is 8.04. The van der Waals surface area contributed by atoms with E-state index < -0.39 is 9.84 Å². The molecular formula is C17H18N2O3S2. The van der Waals surface area contributed by atoms with Crippen molar-refractivity contribution in [2.24, 2.45) is 5.92 Å². The van der Waals surface area contributed by atoms with Crippen molar-refractivity contribution in [1.29, 1.82) is 0 Å². The zero-order valence-corrected chi connectivity index (χ0v) is 14.9. The van der Waals surface area contributed by atoms with Gasteiger partial charge in [0.25, 0.3) is 0 Å². The Bertz CT molecular complexity index is 887. The van der Waals surface area contributed by atoms with Crippen LogP contribution in [-0.4, -0.2) is 36.9 Å². The van der Waals surface area contributed by atoms with Gasteiger partial charge in [-0.05, 0) is 12.0 Å². The second-order valence-electron chi connectivity index (χ2n) is 6.44. The number of benzene rings is 1. The Morgan fingerprint density at radius 2 is 2.00 bits per heavy atom. The minimum Gasteiger partial charge on any atom is -0.284 e. The second kappa shape index (κ2) is 5.67. The lowest BCUT2D eigenvalue weighted by molar-refractivity contribution is -0.117. The van der Waals surface area contributed by atoms with Gasteiger partial charge in [0.2, 0.25) is 5.91 Å². The van der Waals surface area contributed by atoms with Crippen molar-refractivity contribution >= 4 is 32.2 Å². The molecule has 0 bridgehead atoms. The van der Waals surface area contributed by atoms with Gasteiger partial charge in [-0.3, -0.25) is 9.69 Å². The van der Waals surface area contributed by atoms with Gasteiger partial charge in [-0.25, -0.2) is 13.4 Å². The lowest BCUT2D eigenvalue weighted by Gasteiger charge is -2.19. The van der Waals surface area contributed by atoms with E-state index >= 15 is 0 Å². The molecule has 1 amide bonds. The summed E-state index contributed by atoms with van der Waals surface area (Å²) in [7, 11) is -3.04. The molecule has 1 aromatic heterocycles. The molecule has 2 saturated heterocycles. The summed E-state index contributed by atoms with van der Waals surface area (Å²) in [5, 5.41) is 2.54. The Labute approximate surface area is 145 Å². The number of sulfone groups is 1. The Morgan fingerprint density at radius 1 is 1.25 bits per heavy atom. The predicted molar refractivity (Wildman–Crippen MR) is 95.0 cm³/mol. The van der Waals surface area contributed by atoms with Gasteiger partial charge < -0.3 is 0 Å². The molecule has 2 aromatic rings. The number of hydrogen-bond acceptors (Lipinski definition) is 5. The molecular weight excluding hydrogens is 344 g/mol. The van der Waals surface area contributed by atoms with Crippen LogP contribution in [0, 0.1) is 5.92 Å². The lowest BCUT2D eigenvalue weighted by atomic mass is 10.1. The molecule has 24 heavy (non-hydrogen) atoms. The third-order valence-electron chi connectivity index (χ3n) is 4.83. The van der Waals surface area contributed by atoms with Crippen molar-refractivity contribution in [1.82, 2.24) is 4.98 Å². The van der Waals surface area contributed by atoms with E-state index in [1.165, 1.54) is 16.9 Å². The summed E-state index contributed by atoms with van der Waals surface area (Å²) in [6.45, 7) is 2.11. The molecule has 0 radical (unpaired) electrons. The maximum absolute atomic E-state index is 12.3. The van der Waals surface area contributed by atoms with Crippen LogP contribution >= 0.6 is 11.3 Å². The van der Waals surface area contributed by atoms with Gasteiger partial charge in [0, 0.05) is 23.3 Å². The fraction of sp³-hybridized carbons (Fsp3) is 0.412. The molecule has 2 aliphatic rings. The minimum absolute atomic E-state index is 0.0119. The molecule has 1 aromatic carbocycles. The number of hydrogen-bond donors (Lipinski definition) is 0. The van der Waals surface area contributed by atoms with Crippen LogP contribution < -0.4 is 4.90 Å². The van der Waals surface area contributed by atoms with E-state index in [1.807, 2.05) is 17.5 Å². The fourth-order valence-corrected chi connectivity index (χ4v) is 6.53. The van der Waals surface area contributed by atoms with E-state index in [0.29, 0.717) is 11.6 Å². The van der Waals surface area contributed by atoms with Gasteiger partial charge in [0.15, 0.2) is 15.0 Å². The van der Waals surface area contributed by atoms with Crippen LogP contribution in [0.1, 0.15) is 18.9 Å². The Morgan fingerprint density at radius 3 is 2.71 bits per heavy atom. The van der Waals surface area contributed by atoms with Crippen molar-refractivity contribution in [2.45, 2.75) is 25.8 Å². The van der Waals surface area contributed by atoms with Gasteiger partial charge in [0.05, 0.1) is 23.2 Å². The van der Waals surface area contributed by atoms with E-state index in [1.54, 1.807) is 4.90 Å². The average Bonchev–Trinajstić information content (AvgIpc) is 3.19. The Kier molecular flexibility index (Phi) is 3.73. The molecule has 126 valence electrons. The van der Waals surface area contributed by atoms with Gasteiger partial charge >= 0.3 is 0 Å². The molecule has 4 rings (SSSR count). The third kappa shape index (κ3) is 2.65. The number of carbonyl (C=O) groups excluding carboxylic acids is 1. The van der Waals surface area contributed by atoms with E-state index in [2.05, 4.69) is 24.0 Å². The SMILES string of the molecule is CCc1ccc(-c2csc(N3C(=O)C[C@H]4CS(=O)(=O)C[C@H]43)n2)cc1. The number of nitrogens with zero attached hydrogens (tertiary/aromatic N) is 2. The monoisotopic (exact) mass is 362 g/mol. The number of anilines is 1. The number of fused-ring (bicyclic) bond motifs is 1. The highest BCUT2D eigenvalue weighted by Gasteiger charge is 2.50. The molecule has 0 N–H and O–H groups in total. The first-order chi connectivity index (χ1) is 11.5. The molecule has 0 aliphatic carbocycles. The predicted octanol–water partition coefficient (Wildman–Crippen LogP) is 2.52. The zero-order chi connectivity index (χ0) is 16.9. The molecule has 0 unspecified atom stereocenters. The molecule has 2 atom stereocenters. The zero-order valence-electron chi connectivity index (χ0n) is 13.3. The molecule has 0 saturated carbocycles. The van der Waals surface area contributed by atoms with Crippen molar-refractivity contribution in [3.8, 4) is 11.3 Å². The van der Waals surface area contributed by atoms with Crippen LogP contribution in [-0.2, 0) is 21.1 Å². The highest BCUT2D eigenvalue weighted by molar-refractivity contribution is 7.91. The van der Waals surface area contributed by atoms with Gasteiger partial charge in [-0.1, -0.05) is 31.2 Å². The number of aryl methyl sites for hydroxylation is 1. The standard InChI is InChI=1S/C17H18N2O3S2/c1-2-11-3-5-12(6-4-11)14-8-23-17(18-14)19-15-10-24(21,22)9-13(15)7-16(19)20/h3-6,8,13,15H,2,7,9-10H2,1H3/t13-,15+/m0/s1. The van der Waals surface area contributed by atoms with Crippen molar-refractivity contribution in [3.63, 3.8) is 0 Å². The maximum atomic E-state index is 12.3. The first-order valence-corrected chi connectivity index (χ1v) is 10.7. The van der Waals surface area contributed by atoms with Crippen LogP contribution in [0.15, 0.2) is 29.6 Å². The van der Waals surface area contributed by atoms with Crippen LogP contribution in [0.3, 0.4) is 0 Å². The van der Waals surface area contributed by atoms with Crippen molar-refractivity contribution in [2.75, 3.05) is 16.4 Å². The maximum Gasteiger partial charge on any atom is 0.229 e. The summed E-state index contributed by atoms with van der Waals surface area (Å²) >= 11 is 1.40. The van der Waals surface area contributed by atoms with Crippen LogP contribution in [0.5, 0.6) is 0 Å². The average molecular weight is 362 g/mol. The summed E-state index contributed by atoms with van der Waals surface area (Å²) in [6.07, 6.45) is 1.30. The molecule has 7 heteroatoms. The Balaban J connectivity index is 1.63. The summed E-state index contributed by atoms with van der Waals surface area (Å²) < 4.78 is 23.7. The molecule has 3 heterocycles. The quantitative estimate of drug-likeness (QED) is 0.841. The van der Waals surface area contributed by atoms with Crippen LogP contribution in [0.2, 0.25) is 0 Å². The highest BCUT2D eigenvalue weighted by Crippen LogP contribution is 2.39. The van der Waals surface area contributed by atoms with Gasteiger partial charge in [-0.15, -0.1) is 11.3 Å². The number of carbonyl (C=O) groups is 1. The molecule has 2 fully saturated rings. The third-order valence-corrected chi connectivity index (χ3v) is 7.46. The van der Waals surface area contributed by atoms with Gasteiger partial charge in [0.1, 0.15) is 0 Å². The lowest BCUT2D eigenvalue weighted by Crippen LogP contribution is -2.36. The molecule has 5 nitrogen and oxygen atoms in total. The van der Waals surface area contributed by atoms with Crippen LogP contribution in [0.25, 0.3) is 11.3 Å². The first kappa shape index (κ1) is 15.8. The topological polar surface area (TPSA) is 67.3 Å². The van der Waals surface area contributed by atoms with E-state index in [9.17, 15) is 13.2 Å². The smallest absolute Gasteiger partial charge is 0.229 e. The number of amides is 1. The van der Waals surface area contributed by atoms with E-state index in [0.717, 1.165) is 17.7 Å². The van der Waals surface area contributed by atoms with E-state index in [-0.39, 0.29) is 29.4 Å². The summed E-state index contributed by atoms with van der Waals surface area (Å²) in [5.74, 6) is 0.0842. The molecule has 0 spiro atoms. The van der Waals surface area contributed by atoms with E-state index in [4.69, 9.17) is 0 Å². The summed E-state index contributed by atoms with van der Waals surface area (Å²) in [5.41, 5.74) is 3.11. The fourth-order valence-electron chi connectivity index (χ4n) is 3.56. The van der Waals surface area contributed by atoms with Crippen molar-refractivity contribution in [3.05, 3.63) is 35.2 Å². The number of rotatable bonds is 3. The van der Waals surface area contributed by atoms with Crippen LogP contribution in [0.4, 0.5) is 5.13 Å². The summed E-state index contributed by atoms with van der Waals surface area (Å²) in [6, 6.07) is 7.98. The molecule has 2 aliphatic heterocycles. The Hall–Kier alpha value is -1.73. The minimum atomic E-state index is -3.04. The number of aromatic nitrogens is 1. The largest absolute Gasteiger partial charge is 0.284 e. The normalized spacial score (nSPS) is 25.2. The highest BCUT2D eigenvalue weighted by atomic mass is 32.2.